The Morgan fingerprint density at radius 3 is 2.81 bits per heavy atom. The van der Waals surface area contributed by atoms with Crippen LogP contribution in [0, 0.1) is 6.92 Å². The molecule has 2 heterocycles. The van der Waals surface area contributed by atoms with Crippen molar-refractivity contribution in [2.45, 2.75) is 32.6 Å². The van der Waals surface area contributed by atoms with Gasteiger partial charge in [0.1, 0.15) is 0 Å². The van der Waals surface area contributed by atoms with Crippen LogP contribution in [0.1, 0.15) is 31.5 Å². The van der Waals surface area contributed by atoms with Gasteiger partial charge in [0.25, 0.3) is 0 Å². The van der Waals surface area contributed by atoms with E-state index < -0.39 is 6.03 Å². The summed E-state index contributed by atoms with van der Waals surface area (Å²) in [7, 11) is 0. The molecule has 0 aliphatic heterocycles. The van der Waals surface area contributed by atoms with Gasteiger partial charge in [-0.25, -0.2) is 9.78 Å². The number of aryl methyl sites for hydroxylation is 1. The fourth-order valence-electron chi connectivity index (χ4n) is 2.26. The monoisotopic (exact) mass is 292 g/mol. The van der Waals surface area contributed by atoms with Crippen LogP contribution >= 0.6 is 0 Å². The Kier molecular flexibility index (Phi) is 5.04. The van der Waals surface area contributed by atoms with Crippen molar-refractivity contribution in [3.63, 3.8) is 0 Å². The number of rotatable bonds is 7. The van der Waals surface area contributed by atoms with Gasteiger partial charge < -0.3 is 11.5 Å². The van der Waals surface area contributed by atoms with Gasteiger partial charge in [-0.05, 0) is 19.4 Å². The molecular formula is C13H22N7O+. The number of H-pyrrole nitrogens is 2. The number of carbonyl (C=O) groups excluding carboxylic acids is 1. The molecule has 8 heteroatoms. The lowest BCUT2D eigenvalue weighted by atomic mass is 10.2. The standard InChI is InChI=1S/C13H21N7O/c1-9-18-11-10(16-8-17-11)12(19-9)20(13(15)21)7-5-3-2-4-6-14/h8H,2-7,14H2,1H3,(H2,15,21)(H,16,17,18,19)/p+1. The second-order valence-corrected chi connectivity index (χ2v) is 4.94. The maximum atomic E-state index is 11.7. The molecule has 0 fully saturated rings. The number of nitrogens with two attached hydrogens (primary N) is 2. The Hall–Kier alpha value is -2.22. The van der Waals surface area contributed by atoms with Gasteiger partial charge in [-0.3, -0.25) is 9.88 Å². The van der Waals surface area contributed by atoms with Gasteiger partial charge in [-0.1, -0.05) is 17.8 Å². The third-order valence-electron chi connectivity index (χ3n) is 3.28. The highest BCUT2D eigenvalue weighted by Crippen LogP contribution is 2.20. The number of amides is 2. The SMILES string of the molecule is Cc1nc(N(CCCCCCN)C(N)=O)c2[nH]c[nH+]c2n1. The summed E-state index contributed by atoms with van der Waals surface area (Å²) in [5.74, 6) is 1.10. The highest BCUT2D eigenvalue weighted by Gasteiger charge is 2.22. The smallest absolute Gasteiger partial charge is 0.320 e. The quantitative estimate of drug-likeness (QED) is 0.641. The first-order valence-electron chi connectivity index (χ1n) is 7.14. The van der Waals surface area contributed by atoms with Crippen molar-refractivity contribution in [3.05, 3.63) is 12.2 Å². The summed E-state index contributed by atoms with van der Waals surface area (Å²) in [4.78, 5) is 27.8. The molecule has 2 amide bonds. The first kappa shape index (κ1) is 15.2. The van der Waals surface area contributed by atoms with Gasteiger partial charge in [0.05, 0.1) is 0 Å². The number of hydrogen-bond donors (Lipinski definition) is 3. The topological polar surface area (TPSA) is 128 Å². The van der Waals surface area contributed by atoms with Crippen LogP contribution in [0.4, 0.5) is 10.6 Å². The summed E-state index contributed by atoms with van der Waals surface area (Å²) >= 11 is 0. The molecular weight excluding hydrogens is 270 g/mol. The van der Waals surface area contributed by atoms with E-state index in [0.29, 0.717) is 35.9 Å². The zero-order valence-corrected chi connectivity index (χ0v) is 12.2. The van der Waals surface area contributed by atoms with Crippen molar-refractivity contribution in [2.24, 2.45) is 11.5 Å². The average Bonchev–Trinajstić information content (AvgIpc) is 2.89. The van der Waals surface area contributed by atoms with Crippen molar-refractivity contribution >= 4 is 23.0 Å². The Labute approximate surface area is 123 Å². The lowest BCUT2D eigenvalue weighted by Gasteiger charge is -2.18. The first-order valence-corrected chi connectivity index (χ1v) is 7.14. The van der Waals surface area contributed by atoms with E-state index in [9.17, 15) is 4.79 Å². The van der Waals surface area contributed by atoms with Crippen LogP contribution in [0.3, 0.4) is 0 Å². The Bertz CT molecular complexity index is 610. The van der Waals surface area contributed by atoms with Crippen LogP contribution in [-0.2, 0) is 0 Å². The fraction of sp³-hybridized carbons (Fsp3) is 0.538. The molecule has 21 heavy (non-hydrogen) atoms. The molecule has 0 aliphatic rings. The van der Waals surface area contributed by atoms with Gasteiger partial charge in [0.2, 0.25) is 11.3 Å². The predicted octanol–water partition coefficient (Wildman–Crippen LogP) is 0.485. The Morgan fingerprint density at radius 2 is 2.10 bits per heavy atom. The number of nitrogens with zero attached hydrogens (tertiary/aromatic N) is 3. The summed E-state index contributed by atoms with van der Waals surface area (Å²) in [5.41, 5.74) is 12.3. The highest BCUT2D eigenvalue weighted by atomic mass is 16.2. The molecule has 0 unspecified atom stereocenters. The largest absolute Gasteiger partial charge is 0.351 e. The third-order valence-corrected chi connectivity index (χ3v) is 3.28. The van der Waals surface area contributed by atoms with Crippen LogP contribution in [0.25, 0.3) is 11.2 Å². The number of fused-ring (bicyclic) bond motifs is 1. The molecule has 2 rings (SSSR count). The van der Waals surface area contributed by atoms with Gasteiger partial charge in [-0.2, -0.15) is 4.98 Å². The Balaban J connectivity index is 2.16. The van der Waals surface area contributed by atoms with Crippen LogP contribution < -0.4 is 21.4 Å². The fourth-order valence-corrected chi connectivity index (χ4v) is 2.26. The maximum absolute atomic E-state index is 11.7. The molecule has 0 atom stereocenters. The summed E-state index contributed by atoms with van der Waals surface area (Å²) in [6, 6.07) is -0.511. The molecule has 8 nitrogen and oxygen atoms in total. The van der Waals surface area contributed by atoms with E-state index in [1.807, 2.05) is 0 Å². The minimum Gasteiger partial charge on any atom is -0.351 e. The van der Waals surface area contributed by atoms with Crippen molar-refractivity contribution in [1.82, 2.24) is 15.0 Å². The second kappa shape index (κ2) is 6.98. The number of nitrogens with one attached hydrogen (secondary N) is 2. The minimum atomic E-state index is -0.511. The van der Waals surface area contributed by atoms with Crippen LogP contribution in [0.15, 0.2) is 6.33 Å². The van der Waals surface area contributed by atoms with E-state index in [1.165, 1.54) is 4.90 Å². The average molecular weight is 292 g/mol. The zero-order valence-electron chi connectivity index (χ0n) is 12.2. The van der Waals surface area contributed by atoms with Crippen molar-refractivity contribution < 1.29 is 9.78 Å². The second-order valence-electron chi connectivity index (χ2n) is 4.94. The van der Waals surface area contributed by atoms with E-state index in [1.54, 1.807) is 13.3 Å². The number of hydrogen-bond acceptors (Lipinski definition) is 4. The first-order chi connectivity index (χ1) is 10.1. The number of primary amides is 1. The molecule has 0 aliphatic carbocycles. The Morgan fingerprint density at radius 1 is 1.33 bits per heavy atom. The predicted molar refractivity (Wildman–Crippen MR) is 79.6 cm³/mol. The summed E-state index contributed by atoms with van der Waals surface area (Å²) in [5, 5.41) is 0. The molecule has 114 valence electrons. The van der Waals surface area contributed by atoms with Crippen LogP contribution in [0.2, 0.25) is 0 Å². The molecule has 0 radical (unpaired) electrons. The van der Waals surface area contributed by atoms with Crippen molar-refractivity contribution in [2.75, 3.05) is 18.0 Å². The van der Waals surface area contributed by atoms with Crippen molar-refractivity contribution in [3.8, 4) is 0 Å². The van der Waals surface area contributed by atoms with Crippen molar-refractivity contribution in [1.29, 1.82) is 0 Å². The molecule has 2 aromatic rings. The number of aromatic amines is 2. The molecule has 0 saturated heterocycles. The summed E-state index contributed by atoms with van der Waals surface area (Å²) in [6.07, 6.45) is 5.57. The summed E-state index contributed by atoms with van der Waals surface area (Å²) in [6.45, 7) is 3.01. The normalized spacial score (nSPS) is 11.0. The number of unbranched alkanes of at least 4 members (excludes halogenated alkanes) is 3. The zero-order chi connectivity index (χ0) is 15.2. The van der Waals surface area contributed by atoms with Crippen LogP contribution in [-0.4, -0.2) is 34.1 Å². The number of aromatic nitrogens is 4. The molecule has 0 bridgehead atoms. The van der Waals surface area contributed by atoms with E-state index in [0.717, 1.165) is 25.7 Å². The molecule has 0 aromatic carbocycles. The molecule has 6 N–H and O–H groups in total. The van der Waals surface area contributed by atoms with E-state index >= 15 is 0 Å². The van der Waals surface area contributed by atoms with Gasteiger partial charge >= 0.3 is 11.7 Å². The third kappa shape index (κ3) is 3.66. The maximum Gasteiger partial charge on any atom is 0.320 e. The number of carbonyl (C=O) groups is 1. The van der Waals surface area contributed by atoms with Gasteiger partial charge in [0.15, 0.2) is 12.1 Å². The van der Waals surface area contributed by atoms with E-state index in [-0.39, 0.29) is 0 Å². The molecule has 2 aromatic heterocycles. The van der Waals surface area contributed by atoms with E-state index in [2.05, 4.69) is 19.9 Å². The van der Waals surface area contributed by atoms with Gasteiger partial charge in [0, 0.05) is 13.5 Å². The lowest BCUT2D eigenvalue weighted by molar-refractivity contribution is -0.347. The molecule has 0 saturated carbocycles. The van der Waals surface area contributed by atoms with E-state index in [4.69, 9.17) is 11.5 Å². The van der Waals surface area contributed by atoms with Gasteiger partial charge in [-0.15, -0.1) is 0 Å². The number of anilines is 1. The summed E-state index contributed by atoms with van der Waals surface area (Å²) < 4.78 is 0. The highest BCUT2D eigenvalue weighted by molar-refractivity contribution is 5.96. The number of urea groups is 1. The van der Waals surface area contributed by atoms with Crippen LogP contribution in [0.5, 0.6) is 0 Å². The molecule has 0 spiro atoms. The minimum absolute atomic E-state index is 0.511. The lowest BCUT2D eigenvalue weighted by Crippen LogP contribution is -2.37. The number of imidazole rings is 1.